The molecule has 0 spiro atoms. The van der Waals surface area contributed by atoms with Crippen LogP contribution < -0.4 is 16.8 Å². The Labute approximate surface area is 133 Å². The Bertz CT molecular complexity index is 858. The highest BCUT2D eigenvalue weighted by Crippen LogP contribution is 2.37. The Morgan fingerprint density at radius 2 is 1.83 bits per heavy atom. The fraction of sp³-hybridized carbons (Fsp3) is 0.250. The number of benzene rings is 1. The van der Waals surface area contributed by atoms with E-state index < -0.39 is 0 Å². The van der Waals surface area contributed by atoms with Crippen LogP contribution in [0.5, 0.6) is 0 Å². The molecule has 7 heteroatoms. The summed E-state index contributed by atoms with van der Waals surface area (Å²) in [6, 6.07) is 8.26. The second-order valence-electron chi connectivity index (χ2n) is 5.83. The van der Waals surface area contributed by atoms with E-state index in [1.54, 1.807) is 6.20 Å². The fourth-order valence-electron chi connectivity index (χ4n) is 2.79. The van der Waals surface area contributed by atoms with Crippen molar-refractivity contribution < 1.29 is 0 Å². The van der Waals surface area contributed by atoms with Crippen molar-refractivity contribution in [2.75, 3.05) is 16.8 Å². The predicted molar refractivity (Wildman–Crippen MR) is 89.8 cm³/mol. The van der Waals surface area contributed by atoms with Gasteiger partial charge < -0.3 is 16.8 Å². The minimum absolute atomic E-state index is 0.302. The zero-order chi connectivity index (χ0) is 15.8. The van der Waals surface area contributed by atoms with Crippen molar-refractivity contribution in [3.05, 3.63) is 42.5 Å². The fourth-order valence-corrected chi connectivity index (χ4v) is 2.79. The highest BCUT2D eigenvalue weighted by molar-refractivity contribution is 5.78. The van der Waals surface area contributed by atoms with Crippen LogP contribution in [-0.4, -0.2) is 26.0 Å². The molecule has 1 fully saturated rings. The Morgan fingerprint density at radius 3 is 2.65 bits per heavy atom. The van der Waals surface area contributed by atoms with E-state index in [9.17, 15) is 0 Å². The van der Waals surface area contributed by atoms with Gasteiger partial charge in [-0.2, -0.15) is 0 Å². The quantitative estimate of drug-likeness (QED) is 0.677. The largest absolute Gasteiger partial charge is 0.394 e. The van der Waals surface area contributed by atoms with Gasteiger partial charge in [0.25, 0.3) is 0 Å². The zero-order valence-corrected chi connectivity index (χ0v) is 12.5. The van der Waals surface area contributed by atoms with Crippen molar-refractivity contribution in [2.45, 2.75) is 24.8 Å². The van der Waals surface area contributed by atoms with Crippen molar-refractivity contribution in [3.8, 4) is 0 Å². The molecule has 0 amide bonds. The molecular weight excluding hydrogens is 290 g/mol. The van der Waals surface area contributed by atoms with Crippen LogP contribution in [0.15, 0.2) is 36.7 Å². The standard InChI is InChI=1S/C16H17N7/c17-12-8-19-15(23-14(12)18)10-5-11(6-10)21-16-20-7-9-3-1-2-4-13(9)22-16/h1-4,7-8,10-11H,5-6,17H2,(H2,18,19,23)(H,20,21,22). The summed E-state index contributed by atoms with van der Waals surface area (Å²) in [4.78, 5) is 17.4. The highest BCUT2D eigenvalue weighted by atomic mass is 15.1. The van der Waals surface area contributed by atoms with Crippen LogP contribution in [0.2, 0.25) is 0 Å². The maximum absolute atomic E-state index is 5.74. The van der Waals surface area contributed by atoms with Gasteiger partial charge >= 0.3 is 0 Å². The molecule has 0 unspecified atom stereocenters. The van der Waals surface area contributed by atoms with E-state index in [1.165, 1.54) is 0 Å². The molecule has 0 radical (unpaired) electrons. The number of nitrogens with two attached hydrogens (primary N) is 2. The molecule has 0 saturated heterocycles. The molecule has 1 aromatic carbocycles. The first kappa shape index (κ1) is 13.7. The van der Waals surface area contributed by atoms with E-state index in [0.717, 1.165) is 29.6 Å². The van der Waals surface area contributed by atoms with Gasteiger partial charge in [0.15, 0.2) is 0 Å². The van der Waals surface area contributed by atoms with Crippen LogP contribution in [0.1, 0.15) is 24.6 Å². The summed E-state index contributed by atoms with van der Waals surface area (Å²) in [5.41, 5.74) is 12.7. The second kappa shape index (κ2) is 5.35. The van der Waals surface area contributed by atoms with Crippen molar-refractivity contribution in [2.24, 2.45) is 0 Å². The maximum atomic E-state index is 5.74. The summed E-state index contributed by atoms with van der Waals surface area (Å²) in [6.07, 6.45) is 5.27. The Morgan fingerprint density at radius 1 is 1.00 bits per heavy atom. The number of fused-ring (bicyclic) bond motifs is 1. The SMILES string of the molecule is Nc1cnc(C2CC(Nc3ncc4ccccc4n3)C2)nc1N. The van der Waals surface area contributed by atoms with Gasteiger partial charge in [-0.25, -0.2) is 19.9 Å². The molecule has 2 heterocycles. The first-order valence-corrected chi connectivity index (χ1v) is 7.55. The van der Waals surface area contributed by atoms with Crippen LogP contribution in [-0.2, 0) is 0 Å². The predicted octanol–water partition coefficient (Wildman–Crippen LogP) is 1.94. The van der Waals surface area contributed by atoms with Gasteiger partial charge in [0, 0.05) is 23.5 Å². The number of nitrogens with one attached hydrogen (secondary N) is 1. The van der Waals surface area contributed by atoms with Crippen molar-refractivity contribution in [3.63, 3.8) is 0 Å². The molecule has 3 aromatic rings. The molecule has 5 N–H and O–H groups in total. The Balaban J connectivity index is 1.42. The average Bonchev–Trinajstić information content (AvgIpc) is 2.53. The molecule has 116 valence electrons. The van der Waals surface area contributed by atoms with Gasteiger partial charge in [-0.3, -0.25) is 0 Å². The molecule has 1 aliphatic carbocycles. The van der Waals surface area contributed by atoms with Crippen LogP contribution in [0.4, 0.5) is 17.5 Å². The highest BCUT2D eigenvalue weighted by Gasteiger charge is 2.33. The normalized spacial score (nSPS) is 20.2. The van der Waals surface area contributed by atoms with Crippen LogP contribution in [0.3, 0.4) is 0 Å². The van der Waals surface area contributed by atoms with Gasteiger partial charge in [-0.05, 0) is 18.9 Å². The third-order valence-electron chi connectivity index (χ3n) is 4.19. The van der Waals surface area contributed by atoms with Crippen molar-refractivity contribution in [1.82, 2.24) is 19.9 Å². The molecule has 0 atom stereocenters. The molecule has 1 aliphatic rings. The van der Waals surface area contributed by atoms with E-state index in [-0.39, 0.29) is 0 Å². The molecule has 23 heavy (non-hydrogen) atoms. The van der Waals surface area contributed by atoms with Crippen LogP contribution in [0.25, 0.3) is 10.9 Å². The molecule has 7 nitrogen and oxygen atoms in total. The van der Waals surface area contributed by atoms with Gasteiger partial charge in [0.2, 0.25) is 5.95 Å². The minimum atomic E-state index is 0.302. The lowest BCUT2D eigenvalue weighted by atomic mass is 9.79. The van der Waals surface area contributed by atoms with Crippen molar-refractivity contribution >= 4 is 28.4 Å². The number of rotatable bonds is 3. The zero-order valence-electron chi connectivity index (χ0n) is 12.5. The number of nitrogens with zero attached hydrogens (tertiary/aromatic N) is 4. The molecular formula is C16H17N7. The molecule has 0 bridgehead atoms. The Kier molecular flexibility index (Phi) is 3.18. The molecule has 2 aromatic heterocycles. The lowest BCUT2D eigenvalue weighted by Crippen LogP contribution is -2.35. The number of anilines is 3. The van der Waals surface area contributed by atoms with Gasteiger partial charge in [0.05, 0.1) is 17.4 Å². The summed E-state index contributed by atoms with van der Waals surface area (Å²) in [6.45, 7) is 0. The second-order valence-corrected chi connectivity index (χ2v) is 5.83. The minimum Gasteiger partial charge on any atom is -0.394 e. The smallest absolute Gasteiger partial charge is 0.223 e. The maximum Gasteiger partial charge on any atom is 0.223 e. The van der Waals surface area contributed by atoms with Gasteiger partial charge in [-0.1, -0.05) is 18.2 Å². The Hall–Kier alpha value is -2.96. The summed E-state index contributed by atoms with van der Waals surface area (Å²) in [5.74, 6) is 2.07. The number of hydrogen-bond donors (Lipinski definition) is 3. The van der Waals surface area contributed by atoms with E-state index in [4.69, 9.17) is 11.5 Å². The summed E-state index contributed by atoms with van der Waals surface area (Å²) in [7, 11) is 0. The first-order valence-electron chi connectivity index (χ1n) is 7.55. The number of nitrogen functional groups attached to an aromatic ring is 2. The molecule has 1 saturated carbocycles. The van der Waals surface area contributed by atoms with Crippen LogP contribution >= 0.6 is 0 Å². The van der Waals surface area contributed by atoms with Gasteiger partial charge in [-0.15, -0.1) is 0 Å². The van der Waals surface area contributed by atoms with Gasteiger partial charge in [0.1, 0.15) is 11.6 Å². The topological polar surface area (TPSA) is 116 Å². The number of para-hydroxylation sites is 1. The number of hydrogen-bond acceptors (Lipinski definition) is 7. The van der Waals surface area contributed by atoms with E-state index in [1.807, 2.05) is 30.5 Å². The van der Waals surface area contributed by atoms with E-state index >= 15 is 0 Å². The lowest BCUT2D eigenvalue weighted by molar-refractivity contribution is 0.358. The molecule has 4 rings (SSSR count). The van der Waals surface area contributed by atoms with Crippen LogP contribution in [0, 0.1) is 0 Å². The molecule has 0 aliphatic heterocycles. The third-order valence-corrected chi connectivity index (χ3v) is 4.19. The lowest BCUT2D eigenvalue weighted by Gasteiger charge is -2.34. The van der Waals surface area contributed by atoms with E-state index in [0.29, 0.717) is 29.4 Å². The van der Waals surface area contributed by atoms with E-state index in [2.05, 4.69) is 25.3 Å². The monoisotopic (exact) mass is 307 g/mol. The summed E-state index contributed by atoms with van der Waals surface area (Å²) in [5, 5.41) is 4.40. The summed E-state index contributed by atoms with van der Waals surface area (Å²) >= 11 is 0. The summed E-state index contributed by atoms with van der Waals surface area (Å²) < 4.78 is 0. The first-order chi connectivity index (χ1) is 11.2. The number of aromatic nitrogens is 4. The van der Waals surface area contributed by atoms with Crippen molar-refractivity contribution in [1.29, 1.82) is 0 Å². The average molecular weight is 307 g/mol. The third kappa shape index (κ3) is 2.61.